The Morgan fingerprint density at radius 1 is 0.920 bits per heavy atom. The van der Waals surface area contributed by atoms with Crippen molar-refractivity contribution in [1.82, 2.24) is 0 Å². The maximum absolute atomic E-state index is 13.2. The van der Waals surface area contributed by atoms with Gasteiger partial charge in [-0.15, -0.1) is 0 Å². The van der Waals surface area contributed by atoms with Crippen molar-refractivity contribution in [3.63, 3.8) is 0 Å². The Labute approximate surface area is 150 Å². The van der Waals surface area contributed by atoms with Crippen LogP contribution in [0.25, 0.3) is 0 Å². The molecule has 1 fully saturated rings. The zero-order valence-electron chi connectivity index (χ0n) is 14.7. The van der Waals surface area contributed by atoms with Crippen LogP contribution in [0.3, 0.4) is 0 Å². The van der Waals surface area contributed by atoms with E-state index < -0.39 is 20.4 Å². The summed E-state index contributed by atoms with van der Waals surface area (Å²) in [4.78, 5) is 0. The molecule has 3 heteroatoms. The van der Waals surface area contributed by atoms with Gasteiger partial charge in [0.25, 0.3) is 0 Å². The summed E-state index contributed by atoms with van der Waals surface area (Å²) in [6.07, 6.45) is 4.04. The lowest BCUT2D eigenvalue weighted by molar-refractivity contribution is 0.508. The van der Waals surface area contributed by atoms with Crippen molar-refractivity contribution in [2.24, 2.45) is 0 Å². The molecule has 0 aromatic heterocycles. The van der Waals surface area contributed by atoms with Crippen LogP contribution in [-0.4, -0.2) is 8.80 Å². The number of hydrogen-bond donors (Lipinski definition) is 0. The minimum Gasteiger partial charge on any atom is -0.204 e. The largest absolute Gasteiger partial charge is 0.204 e. The first-order valence-corrected chi connectivity index (χ1v) is 11.7. The molecule has 0 saturated carbocycles. The molecular weight excluding hydrogens is 330 g/mol. The fourth-order valence-corrected chi connectivity index (χ4v) is 7.18. The highest BCUT2D eigenvalue weighted by Crippen LogP contribution is 2.34. The molecule has 0 spiro atoms. The van der Waals surface area contributed by atoms with Crippen LogP contribution < -0.4 is 0 Å². The minimum absolute atomic E-state index is 0.432. The van der Waals surface area contributed by atoms with Crippen molar-refractivity contribution < 1.29 is 8.78 Å². The van der Waals surface area contributed by atoms with E-state index in [2.05, 4.69) is 30.9 Å². The molecule has 0 unspecified atom stereocenters. The van der Waals surface area contributed by atoms with Crippen molar-refractivity contribution in [3.8, 4) is 11.8 Å². The number of benzene rings is 2. The van der Waals surface area contributed by atoms with Crippen molar-refractivity contribution in [1.29, 1.82) is 0 Å². The lowest BCUT2D eigenvalue weighted by Gasteiger charge is -2.27. The monoisotopic (exact) mass is 354 g/mol. The van der Waals surface area contributed by atoms with Gasteiger partial charge in [0.1, 0.15) is 0 Å². The summed E-state index contributed by atoms with van der Waals surface area (Å²) in [6.45, 7) is 2.30. The summed E-state index contributed by atoms with van der Waals surface area (Å²) in [5.41, 5.74) is 2.81. The van der Waals surface area contributed by atoms with E-state index in [0.717, 1.165) is 17.7 Å². The highest BCUT2D eigenvalue weighted by molar-refractivity contribution is 6.59. The van der Waals surface area contributed by atoms with Gasteiger partial charge < -0.3 is 0 Å². The Morgan fingerprint density at radius 3 is 2.20 bits per heavy atom. The lowest BCUT2D eigenvalue weighted by atomic mass is 9.93. The second-order valence-electron chi connectivity index (χ2n) is 7.01. The van der Waals surface area contributed by atoms with Gasteiger partial charge in [-0.1, -0.05) is 55.5 Å². The molecule has 0 N–H and O–H groups in total. The molecular formula is C22H24F2Si. The van der Waals surface area contributed by atoms with Crippen LogP contribution in [0.15, 0.2) is 42.5 Å². The highest BCUT2D eigenvalue weighted by Gasteiger charge is 2.22. The molecule has 0 amide bonds. The maximum atomic E-state index is 13.2. The summed E-state index contributed by atoms with van der Waals surface area (Å²) in [5.74, 6) is 4.93. The molecule has 2 aromatic rings. The molecule has 1 heterocycles. The first kappa shape index (κ1) is 17.9. The standard InChI is InChI=1S/C22H24F2Si/c1-2-13-25-14-11-20(12-15-25)19-8-5-17(6-9-19)3-4-18-7-10-21(23)22(24)16-18/h5-10,16,20,25H,2,11-15H2,1H3/t20-,25-. The molecule has 2 aromatic carbocycles. The third kappa shape index (κ3) is 4.80. The molecule has 3 rings (SSSR count). The molecule has 1 saturated heterocycles. The number of halogens is 2. The first-order chi connectivity index (χ1) is 12.2. The molecule has 0 bridgehead atoms. The summed E-state index contributed by atoms with van der Waals surface area (Å²) >= 11 is 0. The Balaban J connectivity index is 1.63. The van der Waals surface area contributed by atoms with Crippen molar-refractivity contribution in [2.45, 2.75) is 50.2 Å². The van der Waals surface area contributed by atoms with Gasteiger partial charge in [0.2, 0.25) is 0 Å². The van der Waals surface area contributed by atoms with E-state index in [0.29, 0.717) is 11.5 Å². The van der Waals surface area contributed by atoms with E-state index in [1.807, 2.05) is 12.1 Å². The third-order valence-corrected chi connectivity index (χ3v) is 8.89. The first-order valence-electron chi connectivity index (χ1n) is 9.22. The summed E-state index contributed by atoms with van der Waals surface area (Å²) in [7, 11) is -0.432. The van der Waals surface area contributed by atoms with Crippen molar-refractivity contribution in [2.75, 3.05) is 0 Å². The smallest absolute Gasteiger partial charge is 0.160 e. The van der Waals surface area contributed by atoms with E-state index in [1.165, 1.54) is 49.0 Å². The van der Waals surface area contributed by atoms with Crippen LogP contribution in [0.1, 0.15) is 48.8 Å². The van der Waals surface area contributed by atoms with E-state index in [-0.39, 0.29) is 0 Å². The summed E-state index contributed by atoms with van der Waals surface area (Å²) in [6, 6.07) is 16.7. The number of rotatable bonds is 3. The molecule has 1 aliphatic heterocycles. The Kier molecular flexibility index (Phi) is 6.04. The Hall–Kier alpha value is -1.92. The van der Waals surface area contributed by atoms with Gasteiger partial charge in [-0.3, -0.25) is 0 Å². The normalized spacial score (nSPS) is 20.0. The second kappa shape index (κ2) is 8.45. The van der Waals surface area contributed by atoms with E-state index in [4.69, 9.17) is 0 Å². The molecule has 1 aliphatic rings. The predicted molar refractivity (Wildman–Crippen MR) is 103 cm³/mol. The molecule has 0 nitrogen and oxygen atoms in total. The van der Waals surface area contributed by atoms with Crippen LogP contribution >= 0.6 is 0 Å². The average Bonchev–Trinajstić information content (AvgIpc) is 2.64. The van der Waals surface area contributed by atoms with Gasteiger partial charge in [-0.2, -0.15) is 0 Å². The zero-order chi connectivity index (χ0) is 17.6. The fraction of sp³-hybridized carbons (Fsp3) is 0.364. The van der Waals surface area contributed by atoms with Gasteiger partial charge in [0, 0.05) is 19.9 Å². The predicted octanol–water partition coefficient (Wildman–Crippen LogP) is 5.88. The van der Waals surface area contributed by atoms with Gasteiger partial charge >= 0.3 is 0 Å². The number of hydrogen-bond acceptors (Lipinski definition) is 0. The molecule has 0 radical (unpaired) electrons. The Morgan fingerprint density at radius 2 is 1.56 bits per heavy atom. The van der Waals surface area contributed by atoms with Gasteiger partial charge in [0.05, 0.1) is 0 Å². The second-order valence-corrected chi connectivity index (χ2v) is 10.5. The van der Waals surface area contributed by atoms with Gasteiger partial charge in [-0.25, -0.2) is 8.78 Å². The van der Waals surface area contributed by atoms with E-state index >= 15 is 0 Å². The van der Waals surface area contributed by atoms with Crippen LogP contribution in [0.2, 0.25) is 18.1 Å². The zero-order valence-corrected chi connectivity index (χ0v) is 15.8. The van der Waals surface area contributed by atoms with Crippen molar-refractivity contribution >= 4 is 8.80 Å². The Bertz CT molecular complexity index is 763. The fourth-order valence-electron chi connectivity index (χ4n) is 3.75. The van der Waals surface area contributed by atoms with Gasteiger partial charge in [-0.05, 0) is 54.7 Å². The van der Waals surface area contributed by atoms with Gasteiger partial charge in [0.15, 0.2) is 11.6 Å². The lowest BCUT2D eigenvalue weighted by Crippen LogP contribution is -2.19. The van der Waals surface area contributed by atoms with Crippen LogP contribution in [-0.2, 0) is 0 Å². The van der Waals surface area contributed by atoms with Crippen LogP contribution in [0.5, 0.6) is 0 Å². The van der Waals surface area contributed by atoms with Crippen molar-refractivity contribution in [3.05, 3.63) is 70.8 Å². The van der Waals surface area contributed by atoms with Crippen LogP contribution in [0, 0.1) is 23.5 Å². The molecule has 25 heavy (non-hydrogen) atoms. The summed E-state index contributed by atoms with van der Waals surface area (Å²) in [5, 5.41) is 0. The molecule has 0 atom stereocenters. The van der Waals surface area contributed by atoms with E-state index in [1.54, 1.807) is 0 Å². The maximum Gasteiger partial charge on any atom is 0.160 e. The quantitative estimate of drug-likeness (QED) is 0.477. The highest BCUT2D eigenvalue weighted by atomic mass is 28.3. The van der Waals surface area contributed by atoms with Crippen LogP contribution in [0.4, 0.5) is 8.78 Å². The average molecular weight is 355 g/mol. The SMILES string of the molecule is CCC[Si@H]1CC[C@H](c2ccc(C#Cc3ccc(F)c(F)c3)cc2)CC1. The molecule has 130 valence electrons. The summed E-state index contributed by atoms with van der Waals surface area (Å²) < 4.78 is 26.1. The van der Waals surface area contributed by atoms with E-state index in [9.17, 15) is 8.78 Å². The topological polar surface area (TPSA) is 0 Å². The third-order valence-electron chi connectivity index (χ3n) is 5.20. The minimum atomic E-state index is -0.857. The molecule has 0 aliphatic carbocycles.